The lowest BCUT2D eigenvalue weighted by atomic mass is 10.1. The van der Waals surface area contributed by atoms with Crippen LogP contribution in [-0.2, 0) is 9.09 Å². The van der Waals surface area contributed by atoms with Gasteiger partial charge in [-0.3, -0.25) is 9.36 Å². The van der Waals surface area contributed by atoms with E-state index in [0.29, 0.717) is 16.2 Å². The number of carbonyl (C=O) groups excluding carboxylic acids is 1. The SMILES string of the molecule is O=C(/C=C/COP(=O)(c1ccccc1)c1ccccc1)c1ccccc1. The highest BCUT2D eigenvalue weighted by Gasteiger charge is 2.27. The maximum Gasteiger partial charge on any atom is 0.261 e. The van der Waals surface area contributed by atoms with Gasteiger partial charge in [-0.15, -0.1) is 0 Å². The van der Waals surface area contributed by atoms with Crippen molar-refractivity contribution in [3.8, 4) is 0 Å². The third kappa shape index (κ3) is 4.26. The molecule has 26 heavy (non-hydrogen) atoms. The van der Waals surface area contributed by atoms with E-state index in [2.05, 4.69) is 0 Å². The summed E-state index contributed by atoms with van der Waals surface area (Å²) < 4.78 is 19.4. The van der Waals surface area contributed by atoms with E-state index in [1.54, 1.807) is 42.5 Å². The van der Waals surface area contributed by atoms with Gasteiger partial charge in [0.05, 0.1) is 6.61 Å². The zero-order chi connectivity index (χ0) is 18.2. The lowest BCUT2D eigenvalue weighted by Crippen LogP contribution is -2.18. The fraction of sp³-hybridized carbons (Fsp3) is 0.0455. The molecule has 0 amide bonds. The zero-order valence-corrected chi connectivity index (χ0v) is 15.1. The maximum atomic E-state index is 13.6. The summed E-state index contributed by atoms with van der Waals surface area (Å²) in [7, 11) is -3.22. The van der Waals surface area contributed by atoms with Crippen LogP contribution in [0.4, 0.5) is 0 Å². The number of rotatable bonds is 7. The van der Waals surface area contributed by atoms with Crippen LogP contribution in [0, 0.1) is 0 Å². The van der Waals surface area contributed by atoms with Crippen LogP contribution in [-0.4, -0.2) is 12.4 Å². The van der Waals surface area contributed by atoms with Crippen molar-refractivity contribution in [1.29, 1.82) is 0 Å². The Morgan fingerprint density at radius 2 is 1.23 bits per heavy atom. The second kappa shape index (κ2) is 8.57. The molecule has 0 bridgehead atoms. The molecule has 0 saturated heterocycles. The second-order valence-electron chi connectivity index (χ2n) is 5.65. The van der Waals surface area contributed by atoms with Crippen LogP contribution in [0.3, 0.4) is 0 Å². The van der Waals surface area contributed by atoms with Crippen molar-refractivity contribution in [3.05, 3.63) is 109 Å². The highest BCUT2D eigenvalue weighted by Crippen LogP contribution is 2.44. The van der Waals surface area contributed by atoms with Gasteiger partial charge in [-0.25, -0.2) is 0 Å². The molecule has 0 aromatic heterocycles. The highest BCUT2D eigenvalue weighted by atomic mass is 31.2. The number of ketones is 1. The number of hydrogen-bond acceptors (Lipinski definition) is 3. The molecule has 3 rings (SSSR count). The van der Waals surface area contributed by atoms with E-state index in [-0.39, 0.29) is 12.4 Å². The van der Waals surface area contributed by atoms with E-state index < -0.39 is 7.37 Å². The molecule has 0 atom stereocenters. The van der Waals surface area contributed by atoms with E-state index in [1.165, 1.54) is 6.08 Å². The van der Waals surface area contributed by atoms with Crippen molar-refractivity contribution in [1.82, 2.24) is 0 Å². The van der Waals surface area contributed by atoms with Gasteiger partial charge < -0.3 is 4.52 Å². The molecule has 0 radical (unpaired) electrons. The van der Waals surface area contributed by atoms with Crippen molar-refractivity contribution < 1.29 is 13.9 Å². The van der Waals surface area contributed by atoms with Gasteiger partial charge in [-0.2, -0.15) is 0 Å². The van der Waals surface area contributed by atoms with E-state index >= 15 is 0 Å². The summed E-state index contributed by atoms with van der Waals surface area (Å²) >= 11 is 0. The minimum Gasteiger partial charge on any atom is -0.318 e. The Morgan fingerprint density at radius 3 is 1.73 bits per heavy atom. The summed E-state index contributed by atoms with van der Waals surface area (Å²) in [6, 6.07) is 27.3. The van der Waals surface area contributed by atoms with Crippen molar-refractivity contribution in [2.24, 2.45) is 0 Å². The van der Waals surface area contributed by atoms with Crippen LogP contribution in [0.15, 0.2) is 103 Å². The lowest BCUT2D eigenvalue weighted by Gasteiger charge is -2.18. The minimum absolute atomic E-state index is 0.0830. The van der Waals surface area contributed by atoms with Crippen LogP contribution >= 0.6 is 7.37 Å². The molecule has 0 aliphatic heterocycles. The quantitative estimate of drug-likeness (QED) is 0.356. The molecule has 0 spiro atoms. The minimum atomic E-state index is -3.22. The molecule has 0 aliphatic rings. The summed E-state index contributed by atoms with van der Waals surface area (Å²) in [6.07, 6.45) is 3.06. The monoisotopic (exact) mass is 362 g/mol. The fourth-order valence-electron chi connectivity index (χ4n) is 2.55. The first-order valence-electron chi connectivity index (χ1n) is 8.32. The van der Waals surface area contributed by atoms with Crippen LogP contribution in [0.25, 0.3) is 0 Å². The normalized spacial score (nSPS) is 11.5. The maximum absolute atomic E-state index is 13.6. The second-order valence-corrected chi connectivity index (χ2v) is 8.04. The summed E-state index contributed by atoms with van der Waals surface area (Å²) in [6.45, 7) is 0.0830. The van der Waals surface area contributed by atoms with Crippen molar-refractivity contribution in [2.75, 3.05) is 6.61 Å². The summed E-state index contributed by atoms with van der Waals surface area (Å²) in [4.78, 5) is 12.1. The van der Waals surface area contributed by atoms with E-state index in [0.717, 1.165) is 0 Å². The predicted octanol–water partition coefficient (Wildman–Crippen LogP) is 4.37. The van der Waals surface area contributed by atoms with Gasteiger partial charge in [-0.05, 0) is 30.3 Å². The Hall–Kier alpha value is -2.74. The number of allylic oxidation sites excluding steroid dienone is 1. The Balaban J connectivity index is 1.77. The van der Waals surface area contributed by atoms with Gasteiger partial charge in [0, 0.05) is 16.2 Å². The largest absolute Gasteiger partial charge is 0.318 e. The Morgan fingerprint density at radius 1 is 0.769 bits per heavy atom. The molecule has 0 fully saturated rings. The van der Waals surface area contributed by atoms with Gasteiger partial charge in [0.2, 0.25) is 0 Å². The van der Waals surface area contributed by atoms with E-state index in [4.69, 9.17) is 4.52 Å². The van der Waals surface area contributed by atoms with Crippen LogP contribution in [0.1, 0.15) is 10.4 Å². The molecular formula is C22H19O3P. The van der Waals surface area contributed by atoms with Crippen LogP contribution in [0.5, 0.6) is 0 Å². The first-order chi connectivity index (χ1) is 12.7. The molecule has 3 nitrogen and oxygen atoms in total. The van der Waals surface area contributed by atoms with Crippen molar-refractivity contribution >= 4 is 23.8 Å². The molecule has 0 heterocycles. The Kier molecular flexibility index (Phi) is 5.96. The topological polar surface area (TPSA) is 43.4 Å². The lowest BCUT2D eigenvalue weighted by molar-refractivity contribution is 0.104. The number of carbonyl (C=O) groups is 1. The van der Waals surface area contributed by atoms with E-state index in [9.17, 15) is 9.36 Å². The Bertz CT molecular complexity index is 876. The van der Waals surface area contributed by atoms with Gasteiger partial charge >= 0.3 is 0 Å². The van der Waals surface area contributed by atoms with Gasteiger partial charge in [0.15, 0.2) is 5.78 Å². The average molecular weight is 362 g/mol. The number of benzene rings is 3. The van der Waals surface area contributed by atoms with Gasteiger partial charge in [0.1, 0.15) is 0 Å². The van der Waals surface area contributed by atoms with Crippen LogP contribution in [0.2, 0.25) is 0 Å². The summed E-state index contributed by atoms with van der Waals surface area (Å²) in [5.74, 6) is -0.108. The van der Waals surface area contributed by atoms with Crippen molar-refractivity contribution in [2.45, 2.75) is 0 Å². The fourth-order valence-corrected chi connectivity index (χ4v) is 4.57. The number of hydrogen-bond donors (Lipinski definition) is 0. The first kappa shape index (κ1) is 18.1. The summed E-state index contributed by atoms with van der Waals surface area (Å²) in [5, 5.41) is 1.27. The Labute approximate surface area is 153 Å². The molecule has 3 aromatic rings. The highest BCUT2D eigenvalue weighted by molar-refractivity contribution is 7.74. The molecular weight excluding hydrogens is 343 g/mol. The third-order valence-electron chi connectivity index (χ3n) is 3.87. The molecule has 0 N–H and O–H groups in total. The zero-order valence-electron chi connectivity index (χ0n) is 14.2. The third-order valence-corrected chi connectivity index (χ3v) is 6.34. The molecule has 0 unspecified atom stereocenters. The smallest absolute Gasteiger partial charge is 0.261 e. The van der Waals surface area contributed by atoms with E-state index in [1.807, 2.05) is 54.6 Å². The standard InChI is InChI=1S/C22H19O3P/c23-22(19-11-4-1-5-12-19)17-10-18-25-26(24,20-13-6-2-7-14-20)21-15-8-3-9-16-21/h1-17H,18H2/b17-10+. The van der Waals surface area contributed by atoms with Gasteiger partial charge in [0.25, 0.3) is 7.37 Å². The molecule has 130 valence electrons. The first-order valence-corrected chi connectivity index (χ1v) is 9.94. The van der Waals surface area contributed by atoms with Gasteiger partial charge in [-0.1, -0.05) is 72.8 Å². The van der Waals surface area contributed by atoms with Crippen molar-refractivity contribution in [3.63, 3.8) is 0 Å². The average Bonchev–Trinajstić information content (AvgIpc) is 2.73. The van der Waals surface area contributed by atoms with Crippen LogP contribution < -0.4 is 10.6 Å². The molecule has 0 aliphatic carbocycles. The molecule has 4 heteroatoms. The predicted molar refractivity (Wildman–Crippen MR) is 106 cm³/mol. The summed E-state index contributed by atoms with van der Waals surface area (Å²) in [5.41, 5.74) is 0.609. The molecule has 3 aromatic carbocycles. The molecule has 0 saturated carbocycles.